The number of anilines is 1. The van der Waals surface area contributed by atoms with Crippen molar-refractivity contribution < 1.29 is 4.79 Å². The van der Waals surface area contributed by atoms with Crippen LogP contribution in [-0.2, 0) is 6.42 Å². The minimum Gasteiger partial charge on any atom is -0.399 e. The van der Waals surface area contributed by atoms with E-state index in [1.165, 1.54) is 11.1 Å². The van der Waals surface area contributed by atoms with Crippen LogP contribution in [0.4, 0.5) is 5.69 Å². The second-order valence-electron chi connectivity index (χ2n) is 6.24. The van der Waals surface area contributed by atoms with Crippen LogP contribution in [0.3, 0.4) is 0 Å². The van der Waals surface area contributed by atoms with Crippen molar-refractivity contribution in [1.82, 2.24) is 4.90 Å². The maximum Gasteiger partial charge on any atom is 0.254 e. The minimum absolute atomic E-state index is 0. The third-order valence-electron chi connectivity index (χ3n) is 4.42. The van der Waals surface area contributed by atoms with E-state index < -0.39 is 0 Å². The number of nitrogens with zero attached hydrogens (tertiary/aromatic N) is 1. The van der Waals surface area contributed by atoms with Crippen molar-refractivity contribution in [1.29, 1.82) is 0 Å². The lowest BCUT2D eigenvalue weighted by Crippen LogP contribution is -2.38. The van der Waals surface area contributed by atoms with E-state index in [2.05, 4.69) is 38.1 Å². The molecule has 2 aromatic carbocycles. The van der Waals surface area contributed by atoms with Gasteiger partial charge in [-0.2, -0.15) is 0 Å². The molecule has 2 rings (SSSR count). The molecule has 24 heavy (non-hydrogen) atoms. The summed E-state index contributed by atoms with van der Waals surface area (Å²) < 4.78 is 0. The summed E-state index contributed by atoms with van der Waals surface area (Å²) in [5.74, 6) is 0.0359. The molecule has 0 fully saturated rings. The van der Waals surface area contributed by atoms with E-state index in [-0.39, 0.29) is 24.4 Å². The van der Waals surface area contributed by atoms with Crippen molar-refractivity contribution in [3.8, 4) is 0 Å². The molecule has 0 saturated heterocycles. The number of benzene rings is 2. The van der Waals surface area contributed by atoms with E-state index in [0.717, 1.165) is 18.4 Å². The highest BCUT2D eigenvalue weighted by atomic mass is 35.5. The number of rotatable bonds is 5. The third-order valence-corrected chi connectivity index (χ3v) is 4.42. The number of amides is 1. The molecule has 2 aromatic rings. The second kappa shape index (κ2) is 8.74. The number of aryl methyl sites for hydroxylation is 2. The first-order valence-electron chi connectivity index (χ1n) is 8.11. The van der Waals surface area contributed by atoms with Gasteiger partial charge in [-0.3, -0.25) is 4.79 Å². The van der Waals surface area contributed by atoms with Gasteiger partial charge in [-0.15, -0.1) is 12.4 Å². The number of hydrogen-bond acceptors (Lipinski definition) is 2. The van der Waals surface area contributed by atoms with Crippen LogP contribution in [0, 0.1) is 13.8 Å². The summed E-state index contributed by atoms with van der Waals surface area (Å²) in [5.41, 5.74) is 10.6. The van der Waals surface area contributed by atoms with Crippen molar-refractivity contribution in [2.75, 3.05) is 12.8 Å². The lowest BCUT2D eigenvalue weighted by atomic mass is 10.00. The largest absolute Gasteiger partial charge is 0.399 e. The normalized spacial score (nSPS) is 11.5. The van der Waals surface area contributed by atoms with Crippen LogP contribution in [0.15, 0.2) is 42.5 Å². The number of nitrogen functional groups attached to an aromatic ring is 1. The van der Waals surface area contributed by atoms with Gasteiger partial charge in [-0.05, 0) is 49.9 Å². The lowest BCUT2D eigenvalue weighted by molar-refractivity contribution is 0.0726. The fourth-order valence-corrected chi connectivity index (χ4v) is 2.78. The van der Waals surface area contributed by atoms with Crippen LogP contribution in [0.5, 0.6) is 0 Å². The maximum atomic E-state index is 12.8. The van der Waals surface area contributed by atoms with E-state index in [4.69, 9.17) is 5.73 Å². The van der Waals surface area contributed by atoms with Crippen LogP contribution in [0.2, 0.25) is 0 Å². The Labute approximate surface area is 151 Å². The first-order chi connectivity index (χ1) is 10.9. The van der Waals surface area contributed by atoms with Gasteiger partial charge in [0.15, 0.2) is 0 Å². The monoisotopic (exact) mass is 346 g/mol. The van der Waals surface area contributed by atoms with Gasteiger partial charge in [0.2, 0.25) is 0 Å². The highest BCUT2D eigenvalue weighted by molar-refractivity contribution is 5.96. The fourth-order valence-electron chi connectivity index (χ4n) is 2.78. The van der Waals surface area contributed by atoms with Gasteiger partial charge in [0, 0.05) is 24.3 Å². The molecule has 0 spiro atoms. The molecule has 0 aliphatic carbocycles. The third kappa shape index (κ3) is 4.75. The van der Waals surface area contributed by atoms with Crippen LogP contribution >= 0.6 is 12.4 Å². The Morgan fingerprint density at radius 2 is 1.75 bits per heavy atom. The molecule has 4 heteroatoms. The van der Waals surface area contributed by atoms with Crippen LogP contribution in [-0.4, -0.2) is 23.9 Å². The number of nitrogens with two attached hydrogens (primary N) is 1. The number of halogens is 1. The van der Waals surface area contributed by atoms with Crippen molar-refractivity contribution in [3.63, 3.8) is 0 Å². The summed E-state index contributed by atoms with van der Waals surface area (Å²) in [5, 5.41) is 0. The summed E-state index contributed by atoms with van der Waals surface area (Å²) in [4.78, 5) is 14.7. The van der Waals surface area contributed by atoms with Gasteiger partial charge in [0.1, 0.15) is 0 Å². The Morgan fingerprint density at radius 3 is 2.33 bits per heavy atom. The summed E-state index contributed by atoms with van der Waals surface area (Å²) >= 11 is 0. The van der Waals surface area contributed by atoms with Crippen molar-refractivity contribution in [3.05, 3.63) is 64.7 Å². The zero-order valence-corrected chi connectivity index (χ0v) is 15.7. The molecule has 3 nitrogen and oxygen atoms in total. The first-order valence-corrected chi connectivity index (χ1v) is 8.11. The highest BCUT2D eigenvalue weighted by Crippen LogP contribution is 2.18. The van der Waals surface area contributed by atoms with Crippen LogP contribution in [0.25, 0.3) is 0 Å². The van der Waals surface area contributed by atoms with Crippen molar-refractivity contribution in [2.45, 2.75) is 39.7 Å². The molecular weight excluding hydrogens is 320 g/mol. The molecule has 0 aliphatic heterocycles. The maximum absolute atomic E-state index is 12.8. The Hall–Kier alpha value is -2.00. The molecule has 1 atom stereocenters. The second-order valence-corrected chi connectivity index (χ2v) is 6.24. The van der Waals surface area contributed by atoms with E-state index in [1.807, 2.05) is 31.0 Å². The predicted molar refractivity (Wildman–Crippen MR) is 104 cm³/mol. The molecule has 0 radical (unpaired) electrons. The Morgan fingerprint density at radius 1 is 1.12 bits per heavy atom. The molecule has 0 aliphatic rings. The van der Waals surface area contributed by atoms with Crippen LogP contribution in [0.1, 0.15) is 40.4 Å². The Kier molecular flexibility index (Phi) is 7.30. The first kappa shape index (κ1) is 20.0. The molecule has 130 valence electrons. The van der Waals surface area contributed by atoms with Crippen LogP contribution < -0.4 is 5.73 Å². The van der Waals surface area contributed by atoms with Gasteiger partial charge in [0.05, 0.1) is 0 Å². The van der Waals surface area contributed by atoms with Gasteiger partial charge in [-0.1, -0.05) is 42.8 Å². The molecule has 2 N–H and O–H groups in total. The fraction of sp³-hybridized carbons (Fsp3) is 0.350. The minimum atomic E-state index is 0. The Balaban J connectivity index is 0.00000288. The zero-order chi connectivity index (χ0) is 17.0. The number of carbonyl (C=O) groups excluding carboxylic acids is 1. The topological polar surface area (TPSA) is 46.3 Å². The quantitative estimate of drug-likeness (QED) is 0.815. The number of hydrogen-bond donors (Lipinski definition) is 1. The summed E-state index contributed by atoms with van der Waals surface area (Å²) in [6, 6.07) is 14.2. The van der Waals surface area contributed by atoms with E-state index in [0.29, 0.717) is 11.3 Å². The molecule has 0 aromatic heterocycles. The number of likely N-dealkylation sites (N-methyl/N-ethyl adjacent to an activating group) is 1. The molecule has 1 unspecified atom stereocenters. The van der Waals surface area contributed by atoms with E-state index in [1.54, 1.807) is 6.07 Å². The predicted octanol–water partition coefficient (Wildman–Crippen LogP) is 4.40. The van der Waals surface area contributed by atoms with E-state index >= 15 is 0 Å². The molecule has 0 saturated carbocycles. The average molecular weight is 347 g/mol. The Bertz CT molecular complexity index is 683. The van der Waals surface area contributed by atoms with E-state index in [9.17, 15) is 4.79 Å². The summed E-state index contributed by atoms with van der Waals surface area (Å²) in [6.45, 7) is 6.15. The highest BCUT2D eigenvalue weighted by Gasteiger charge is 2.21. The summed E-state index contributed by atoms with van der Waals surface area (Å²) in [7, 11) is 1.88. The van der Waals surface area contributed by atoms with Gasteiger partial charge in [0.25, 0.3) is 5.91 Å². The molecule has 0 heterocycles. The molecule has 0 bridgehead atoms. The SMILES string of the molecule is CCC(Cc1ccc(C)cc1)N(C)C(=O)c1cc(N)ccc1C.Cl. The molecular formula is C20H27ClN2O. The standard InChI is InChI=1S/C20H26N2O.ClH/c1-5-18(12-16-9-6-14(2)7-10-16)22(4)20(23)19-13-17(21)11-8-15(19)3;/h6-11,13,18H,5,12,21H2,1-4H3;1H. The average Bonchev–Trinajstić information content (AvgIpc) is 2.55. The lowest BCUT2D eigenvalue weighted by Gasteiger charge is -2.28. The van der Waals surface area contributed by atoms with Gasteiger partial charge >= 0.3 is 0 Å². The number of carbonyl (C=O) groups is 1. The molecule has 1 amide bonds. The summed E-state index contributed by atoms with van der Waals surface area (Å²) in [6.07, 6.45) is 1.78. The van der Waals surface area contributed by atoms with Gasteiger partial charge in [-0.25, -0.2) is 0 Å². The van der Waals surface area contributed by atoms with Crippen molar-refractivity contribution in [2.24, 2.45) is 0 Å². The smallest absolute Gasteiger partial charge is 0.254 e. The van der Waals surface area contributed by atoms with Crippen molar-refractivity contribution >= 4 is 24.0 Å². The zero-order valence-electron chi connectivity index (χ0n) is 14.9. The van der Waals surface area contributed by atoms with Gasteiger partial charge < -0.3 is 10.6 Å².